The summed E-state index contributed by atoms with van der Waals surface area (Å²) in [5.41, 5.74) is 5.14. The number of nitrogens with zero attached hydrogens (tertiary/aromatic N) is 1. The lowest BCUT2D eigenvalue weighted by atomic mass is 9.85. The molecule has 3 nitrogen and oxygen atoms in total. The van der Waals surface area contributed by atoms with Crippen LogP contribution in [0.25, 0.3) is 69.0 Å². The summed E-state index contributed by atoms with van der Waals surface area (Å²) in [7, 11) is 3.47. The summed E-state index contributed by atoms with van der Waals surface area (Å²) in [4.78, 5) is 0. The molecule has 186 valence electrons. The highest BCUT2D eigenvalue weighted by Crippen LogP contribution is 2.45. The van der Waals surface area contributed by atoms with Crippen LogP contribution in [0.5, 0.6) is 11.5 Å². The first kappa shape index (κ1) is 22.0. The lowest BCUT2D eigenvalue weighted by Gasteiger charge is -2.19. The summed E-state index contributed by atoms with van der Waals surface area (Å²) in [6, 6.07) is 27.2. The third kappa shape index (κ3) is 2.84. The van der Waals surface area contributed by atoms with Gasteiger partial charge in [-0.2, -0.15) is 0 Å². The Labute approximate surface area is 224 Å². The van der Waals surface area contributed by atoms with Gasteiger partial charge in [-0.25, -0.2) is 0 Å². The number of hydrogen-bond donors (Lipinski definition) is 0. The number of aromatic nitrogens is 1. The molecule has 38 heavy (non-hydrogen) atoms. The summed E-state index contributed by atoms with van der Waals surface area (Å²) in [5, 5.41) is 10.3. The Balaban J connectivity index is 1.54. The number of rotatable bonds is 2. The number of methoxy groups -OCH3 is 2. The Morgan fingerprint density at radius 2 is 1.18 bits per heavy atom. The number of ether oxygens (including phenoxy) is 2. The van der Waals surface area contributed by atoms with E-state index in [9.17, 15) is 0 Å². The standard InChI is InChI=1S/C34H27NO2S/c1-34(2,3)20-14-27-23-8-6-21(36-4)16-30(23)35-29-12-19-13-31-26(24-9-7-22(37-5)17-32(24)38-31)11-18(19)10-25(29)28(15-20)33(27)35/h6-17H,1-5H3. The molecule has 0 unspecified atom stereocenters. The van der Waals surface area contributed by atoms with Gasteiger partial charge in [-0.3, -0.25) is 0 Å². The zero-order valence-corrected chi connectivity index (χ0v) is 22.9. The number of hydrogen-bond acceptors (Lipinski definition) is 3. The Hall–Kier alpha value is -4.02. The predicted octanol–water partition coefficient (Wildman–Crippen LogP) is 9.67. The van der Waals surface area contributed by atoms with Crippen LogP contribution >= 0.6 is 11.3 Å². The normalized spacial score (nSPS) is 12.9. The van der Waals surface area contributed by atoms with Gasteiger partial charge in [0.25, 0.3) is 0 Å². The number of thiophene rings is 1. The van der Waals surface area contributed by atoms with Crippen LogP contribution in [0.1, 0.15) is 26.3 Å². The van der Waals surface area contributed by atoms with E-state index in [1.54, 1.807) is 14.2 Å². The average molecular weight is 514 g/mol. The molecule has 5 aromatic carbocycles. The molecule has 0 saturated carbocycles. The van der Waals surface area contributed by atoms with Gasteiger partial charge in [0.2, 0.25) is 0 Å². The zero-order chi connectivity index (χ0) is 25.9. The lowest BCUT2D eigenvalue weighted by molar-refractivity contribution is 0.415. The molecule has 8 aromatic rings. The van der Waals surface area contributed by atoms with E-state index < -0.39 is 0 Å². The first-order valence-electron chi connectivity index (χ1n) is 13.0. The van der Waals surface area contributed by atoms with Crippen molar-refractivity contribution in [2.24, 2.45) is 0 Å². The fourth-order valence-corrected chi connectivity index (χ4v) is 7.37. The van der Waals surface area contributed by atoms with E-state index in [0.717, 1.165) is 11.5 Å². The SMILES string of the molecule is COc1ccc2c(c1)sc1cc3cc4c(cc3cc12)c1cc(C(C)(C)C)cc2c3ccc(OC)cc3n4c21. The molecular weight excluding hydrogens is 486 g/mol. The molecule has 0 atom stereocenters. The quantitative estimate of drug-likeness (QED) is 0.230. The number of benzene rings is 5. The molecule has 0 radical (unpaired) electrons. The molecule has 0 amide bonds. The van der Waals surface area contributed by atoms with E-state index in [0.29, 0.717) is 0 Å². The van der Waals surface area contributed by atoms with Gasteiger partial charge >= 0.3 is 0 Å². The molecule has 4 heteroatoms. The number of fused-ring (bicyclic) bond motifs is 10. The molecule has 0 fully saturated rings. The molecule has 0 aliphatic carbocycles. The highest BCUT2D eigenvalue weighted by atomic mass is 32.1. The average Bonchev–Trinajstić information content (AvgIpc) is 3.54. The molecule has 3 heterocycles. The second-order valence-corrected chi connectivity index (χ2v) is 12.5. The first-order chi connectivity index (χ1) is 18.3. The van der Waals surface area contributed by atoms with Crippen LogP contribution in [0, 0.1) is 0 Å². The fraction of sp³-hybridized carbons (Fsp3) is 0.176. The van der Waals surface area contributed by atoms with Gasteiger partial charge < -0.3 is 13.9 Å². The minimum atomic E-state index is 0.0496. The van der Waals surface area contributed by atoms with Gasteiger partial charge in [0.1, 0.15) is 11.5 Å². The van der Waals surface area contributed by atoms with Crippen molar-refractivity contribution in [1.29, 1.82) is 0 Å². The molecule has 0 N–H and O–H groups in total. The topological polar surface area (TPSA) is 22.9 Å². The van der Waals surface area contributed by atoms with E-state index in [-0.39, 0.29) is 5.41 Å². The lowest BCUT2D eigenvalue weighted by Crippen LogP contribution is -2.10. The smallest absolute Gasteiger partial charge is 0.120 e. The van der Waals surface area contributed by atoms with Crippen molar-refractivity contribution < 1.29 is 9.47 Å². The van der Waals surface area contributed by atoms with Crippen molar-refractivity contribution >= 4 is 80.4 Å². The highest BCUT2D eigenvalue weighted by molar-refractivity contribution is 7.25. The van der Waals surface area contributed by atoms with Gasteiger partial charge in [-0.05, 0) is 88.5 Å². The van der Waals surface area contributed by atoms with Gasteiger partial charge in [0, 0.05) is 47.8 Å². The molecule has 0 aliphatic rings. The van der Waals surface area contributed by atoms with E-state index in [4.69, 9.17) is 9.47 Å². The Morgan fingerprint density at radius 1 is 0.579 bits per heavy atom. The van der Waals surface area contributed by atoms with Crippen LogP contribution in [-0.2, 0) is 5.41 Å². The monoisotopic (exact) mass is 513 g/mol. The van der Waals surface area contributed by atoms with Crippen LogP contribution in [0.2, 0.25) is 0 Å². The summed E-state index contributed by atoms with van der Waals surface area (Å²) in [5.74, 6) is 1.78. The van der Waals surface area contributed by atoms with Crippen molar-refractivity contribution in [3.8, 4) is 11.5 Å². The fourth-order valence-electron chi connectivity index (χ4n) is 6.21. The van der Waals surface area contributed by atoms with E-state index >= 15 is 0 Å². The second kappa shape index (κ2) is 7.30. The van der Waals surface area contributed by atoms with Gasteiger partial charge in [0.05, 0.1) is 30.8 Å². The molecule has 0 spiro atoms. The van der Waals surface area contributed by atoms with E-state index in [1.165, 1.54) is 74.6 Å². The van der Waals surface area contributed by atoms with Crippen LogP contribution in [0.15, 0.2) is 72.8 Å². The first-order valence-corrected chi connectivity index (χ1v) is 13.8. The Morgan fingerprint density at radius 3 is 1.92 bits per heavy atom. The van der Waals surface area contributed by atoms with Gasteiger partial charge in [-0.15, -0.1) is 11.3 Å². The summed E-state index contributed by atoms with van der Waals surface area (Å²) in [6.07, 6.45) is 0. The van der Waals surface area contributed by atoms with E-state index in [2.05, 4.69) is 98.0 Å². The predicted molar refractivity (Wildman–Crippen MR) is 163 cm³/mol. The molecule has 0 bridgehead atoms. The maximum Gasteiger partial charge on any atom is 0.120 e. The van der Waals surface area contributed by atoms with Crippen LogP contribution in [0.3, 0.4) is 0 Å². The molecule has 3 aromatic heterocycles. The summed E-state index contributed by atoms with van der Waals surface area (Å²) >= 11 is 1.83. The van der Waals surface area contributed by atoms with Crippen LogP contribution in [0.4, 0.5) is 0 Å². The Bertz CT molecular complexity index is 2240. The summed E-state index contributed by atoms with van der Waals surface area (Å²) in [6.45, 7) is 6.90. The third-order valence-corrected chi connectivity index (χ3v) is 9.33. The maximum atomic E-state index is 5.64. The van der Waals surface area contributed by atoms with Crippen molar-refractivity contribution in [3.05, 3.63) is 78.4 Å². The van der Waals surface area contributed by atoms with Gasteiger partial charge in [0.15, 0.2) is 0 Å². The minimum absolute atomic E-state index is 0.0496. The molecule has 0 saturated heterocycles. The van der Waals surface area contributed by atoms with Crippen LogP contribution in [-0.4, -0.2) is 18.6 Å². The zero-order valence-electron chi connectivity index (χ0n) is 22.1. The van der Waals surface area contributed by atoms with Crippen molar-refractivity contribution in [3.63, 3.8) is 0 Å². The van der Waals surface area contributed by atoms with Crippen molar-refractivity contribution in [2.75, 3.05) is 14.2 Å². The van der Waals surface area contributed by atoms with E-state index in [1.807, 2.05) is 11.3 Å². The molecule has 0 aliphatic heterocycles. The second-order valence-electron chi connectivity index (χ2n) is 11.4. The maximum absolute atomic E-state index is 5.64. The largest absolute Gasteiger partial charge is 0.497 e. The summed E-state index contributed by atoms with van der Waals surface area (Å²) < 4.78 is 16.1. The minimum Gasteiger partial charge on any atom is -0.497 e. The van der Waals surface area contributed by atoms with Crippen molar-refractivity contribution in [1.82, 2.24) is 4.40 Å². The molecule has 8 rings (SSSR count). The molecular formula is C34H27NO2S. The third-order valence-electron chi connectivity index (χ3n) is 8.22. The van der Waals surface area contributed by atoms with Crippen molar-refractivity contribution in [2.45, 2.75) is 26.2 Å². The Kier molecular flexibility index (Phi) is 4.23. The van der Waals surface area contributed by atoms with Crippen LogP contribution < -0.4 is 9.47 Å². The highest BCUT2D eigenvalue weighted by Gasteiger charge is 2.23. The van der Waals surface area contributed by atoms with Gasteiger partial charge in [-0.1, -0.05) is 20.8 Å².